The second-order valence-electron chi connectivity index (χ2n) is 5.84. The number of aryl methyl sites for hydroxylation is 1. The number of esters is 1. The van der Waals surface area contributed by atoms with Gasteiger partial charge in [-0.1, -0.05) is 13.0 Å². The van der Waals surface area contributed by atoms with Crippen molar-refractivity contribution >= 4 is 5.97 Å². The molecule has 1 N–H and O–H groups in total. The third kappa shape index (κ3) is 3.21. The van der Waals surface area contributed by atoms with E-state index < -0.39 is 5.54 Å². The number of benzene rings is 1. The molecule has 2 unspecified atom stereocenters. The van der Waals surface area contributed by atoms with E-state index in [1.807, 2.05) is 12.1 Å². The van der Waals surface area contributed by atoms with Gasteiger partial charge in [0.2, 0.25) is 0 Å². The number of fused-ring (bicyclic) bond motifs is 1. The normalized spacial score (nSPS) is 22.3. The van der Waals surface area contributed by atoms with Gasteiger partial charge in [-0.25, -0.2) is 0 Å². The summed E-state index contributed by atoms with van der Waals surface area (Å²) in [5, 5.41) is 3.50. The summed E-state index contributed by atoms with van der Waals surface area (Å²) in [5.74, 6) is 0.661. The number of methoxy groups -OCH3 is 2. The van der Waals surface area contributed by atoms with E-state index in [0.29, 0.717) is 6.42 Å². The second kappa shape index (κ2) is 6.48. The Hall–Kier alpha value is -1.55. The van der Waals surface area contributed by atoms with Crippen LogP contribution in [0.1, 0.15) is 37.8 Å². The fourth-order valence-corrected chi connectivity index (χ4v) is 3.02. The van der Waals surface area contributed by atoms with Crippen molar-refractivity contribution in [3.8, 4) is 5.75 Å². The van der Waals surface area contributed by atoms with E-state index in [0.717, 1.165) is 25.0 Å². The zero-order valence-corrected chi connectivity index (χ0v) is 13.4. The van der Waals surface area contributed by atoms with Gasteiger partial charge in [0.05, 0.1) is 14.2 Å². The van der Waals surface area contributed by atoms with Crippen molar-refractivity contribution in [3.63, 3.8) is 0 Å². The second-order valence-corrected chi connectivity index (χ2v) is 5.84. The quantitative estimate of drug-likeness (QED) is 0.847. The Morgan fingerprint density at radius 2 is 2.14 bits per heavy atom. The lowest BCUT2D eigenvalue weighted by Crippen LogP contribution is -2.58. The minimum atomic E-state index is -0.621. The van der Waals surface area contributed by atoms with Crippen LogP contribution < -0.4 is 10.1 Å². The highest BCUT2D eigenvalue weighted by atomic mass is 16.5. The van der Waals surface area contributed by atoms with Crippen molar-refractivity contribution in [2.24, 2.45) is 0 Å². The number of hydrogen-bond donors (Lipinski definition) is 1. The van der Waals surface area contributed by atoms with Crippen LogP contribution in [0.25, 0.3) is 0 Å². The predicted molar refractivity (Wildman–Crippen MR) is 82.7 cm³/mol. The molecule has 0 saturated heterocycles. The van der Waals surface area contributed by atoms with E-state index in [2.05, 4.69) is 25.2 Å². The van der Waals surface area contributed by atoms with Crippen LogP contribution in [0.2, 0.25) is 0 Å². The predicted octanol–water partition coefficient (Wildman–Crippen LogP) is 2.48. The van der Waals surface area contributed by atoms with Crippen molar-refractivity contribution < 1.29 is 14.3 Å². The Bertz CT molecular complexity index is 515. The summed E-state index contributed by atoms with van der Waals surface area (Å²) in [6.45, 7) is 4.22. The van der Waals surface area contributed by atoms with Crippen LogP contribution in [0, 0.1) is 0 Å². The molecular weight excluding hydrogens is 266 g/mol. The molecule has 0 aromatic heterocycles. The van der Waals surface area contributed by atoms with Crippen molar-refractivity contribution in [2.45, 2.75) is 51.1 Å². The maximum absolute atomic E-state index is 12.4. The molecule has 4 nitrogen and oxygen atoms in total. The molecule has 0 heterocycles. The molecule has 116 valence electrons. The van der Waals surface area contributed by atoms with Gasteiger partial charge in [-0.2, -0.15) is 0 Å². The summed E-state index contributed by atoms with van der Waals surface area (Å²) in [4.78, 5) is 12.4. The van der Waals surface area contributed by atoms with Gasteiger partial charge in [0.15, 0.2) is 0 Å². The van der Waals surface area contributed by atoms with Crippen molar-refractivity contribution in [3.05, 3.63) is 29.3 Å². The fraction of sp³-hybridized carbons (Fsp3) is 0.588. The average Bonchev–Trinajstić information content (AvgIpc) is 2.52. The standard InChI is InChI=1S/C17H25NO3/c1-5-12(2)18-17(16(19)21-4)9-8-13-6-7-15(20-3)10-14(13)11-17/h6-7,10,12,18H,5,8-9,11H2,1-4H3. The van der Waals surface area contributed by atoms with E-state index in [-0.39, 0.29) is 12.0 Å². The van der Waals surface area contributed by atoms with Crippen LogP contribution in [-0.2, 0) is 22.4 Å². The summed E-state index contributed by atoms with van der Waals surface area (Å²) in [5.41, 5.74) is 1.84. The number of rotatable bonds is 5. The molecule has 21 heavy (non-hydrogen) atoms. The number of nitrogens with one attached hydrogen (secondary N) is 1. The molecule has 1 aliphatic rings. The van der Waals surface area contributed by atoms with Crippen LogP contribution in [0.4, 0.5) is 0 Å². The minimum absolute atomic E-state index is 0.170. The molecule has 1 aliphatic carbocycles. The molecule has 0 spiro atoms. The molecule has 0 radical (unpaired) electrons. The van der Waals surface area contributed by atoms with Crippen LogP contribution in [0.3, 0.4) is 0 Å². The highest BCUT2D eigenvalue weighted by molar-refractivity contribution is 5.82. The number of carbonyl (C=O) groups is 1. The van der Waals surface area contributed by atoms with E-state index >= 15 is 0 Å². The van der Waals surface area contributed by atoms with E-state index in [1.54, 1.807) is 7.11 Å². The van der Waals surface area contributed by atoms with Gasteiger partial charge < -0.3 is 9.47 Å². The maximum atomic E-state index is 12.4. The van der Waals surface area contributed by atoms with Crippen LogP contribution in [0.5, 0.6) is 5.75 Å². The van der Waals surface area contributed by atoms with Crippen molar-refractivity contribution in [1.82, 2.24) is 5.32 Å². The maximum Gasteiger partial charge on any atom is 0.326 e. The largest absolute Gasteiger partial charge is 0.497 e. The summed E-state index contributed by atoms with van der Waals surface area (Å²) >= 11 is 0. The highest BCUT2D eigenvalue weighted by Gasteiger charge is 2.43. The SMILES string of the molecule is CCC(C)NC1(C(=O)OC)CCc2ccc(OC)cc2C1. The molecule has 1 aromatic rings. The van der Waals surface area contributed by atoms with E-state index in [9.17, 15) is 4.79 Å². The first-order chi connectivity index (χ1) is 10.0. The monoisotopic (exact) mass is 291 g/mol. The lowest BCUT2D eigenvalue weighted by molar-refractivity contribution is -0.149. The zero-order valence-electron chi connectivity index (χ0n) is 13.4. The number of carbonyl (C=O) groups excluding carboxylic acids is 1. The Balaban J connectivity index is 2.33. The fourth-order valence-electron chi connectivity index (χ4n) is 3.02. The Kier molecular flexibility index (Phi) is 4.88. The molecule has 0 fully saturated rings. The summed E-state index contributed by atoms with van der Waals surface area (Å²) in [7, 11) is 3.12. The number of ether oxygens (including phenoxy) is 2. The topological polar surface area (TPSA) is 47.6 Å². The lowest BCUT2D eigenvalue weighted by Gasteiger charge is -2.38. The Labute approximate surface area is 126 Å². The van der Waals surface area contributed by atoms with Crippen molar-refractivity contribution in [2.75, 3.05) is 14.2 Å². The van der Waals surface area contributed by atoms with Gasteiger partial charge in [-0.15, -0.1) is 0 Å². The molecular formula is C17H25NO3. The molecule has 2 atom stereocenters. The van der Waals surface area contributed by atoms with Crippen LogP contribution in [-0.4, -0.2) is 31.8 Å². The Morgan fingerprint density at radius 1 is 1.38 bits per heavy atom. The summed E-state index contributed by atoms with van der Waals surface area (Å²) < 4.78 is 10.4. The first-order valence-corrected chi connectivity index (χ1v) is 7.56. The molecule has 0 amide bonds. The molecule has 4 heteroatoms. The van der Waals surface area contributed by atoms with Gasteiger partial charge in [-0.3, -0.25) is 10.1 Å². The smallest absolute Gasteiger partial charge is 0.326 e. The van der Waals surface area contributed by atoms with Gasteiger partial charge in [-0.05, 0) is 49.4 Å². The number of hydrogen-bond acceptors (Lipinski definition) is 4. The van der Waals surface area contributed by atoms with Crippen LogP contribution in [0.15, 0.2) is 18.2 Å². The molecule has 2 rings (SSSR count). The third-order valence-corrected chi connectivity index (χ3v) is 4.44. The van der Waals surface area contributed by atoms with Gasteiger partial charge in [0.1, 0.15) is 11.3 Å². The third-order valence-electron chi connectivity index (χ3n) is 4.44. The minimum Gasteiger partial charge on any atom is -0.497 e. The summed E-state index contributed by atoms with van der Waals surface area (Å²) in [6, 6.07) is 6.38. The lowest BCUT2D eigenvalue weighted by atomic mass is 9.77. The Morgan fingerprint density at radius 3 is 2.76 bits per heavy atom. The first kappa shape index (κ1) is 15.8. The molecule has 0 saturated carbocycles. The van der Waals surface area contributed by atoms with Crippen LogP contribution >= 0.6 is 0 Å². The molecule has 0 aliphatic heterocycles. The van der Waals surface area contributed by atoms with Gasteiger partial charge in [0.25, 0.3) is 0 Å². The van der Waals surface area contributed by atoms with Gasteiger partial charge >= 0.3 is 5.97 Å². The molecule has 1 aromatic carbocycles. The van der Waals surface area contributed by atoms with E-state index in [4.69, 9.17) is 9.47 Å². The molecule has 0 bridgehead atoms. The zero-order chi connectivity index (χ0) is 15.5. The van der Waals surface area contributed by atoms with E-state index in [1.165, 1.54) is 18.2 Å². The summed E-state index contributed by atoms with van der Waals surface area (Å²) in [6.07, 6.45) is 3.27. The average molecular weight is 291 g/mol. The highest BCUT2D eigenvalue weighted by Crippen LogP contribution is 2.32. The van der Waals surface area contributed by atoms with Gasteiger partial charge in [0, 0.05) is 12.5 Å². The van der Waals surface area contributed by atoms with Crippen molar-refractivity contribution in [1.29, 1.82) is 0 Å². The first-order valence-electron chi connectivity index (χ1n) is 7.56.